The number of amides is 2. The molecule has 29 heavy (non-hydrogen) atoms. The molecule has 8 nitrogen and oxygen atoms in total. The van der Waals surface area contributed by atoms with Gasteiger partial charge in [0.15, 0.2) is 0 Å². The molecule has 1 aliphatic rings. The summed E-state index contributed by atoms with van der Waals surface area (Å²) in [7, 11) is 3.09. The molecule has 0 unspecified atom stereocenters. The van der Waals surface area contributed by atoms with E-state index in [1.54, 1.807) is 31.4 Å². The molecule has 2 N–H and O–H groups in total. The number of nitrogens with zero attached hydrogens (tertiary/aromatic N) is 2. The van der Waals surface area contributed by atoms with Crippen LogP contribution in [0.15, 0.2) is 24.3 Å². The van der Waals surface area contributed by atoms with E-state index in [1.807, 2.05) is 0 Å². The lowest BCUT2D eigenvalue weighted by molar-refractivity contribution is -0.111. The first-order valence-electron chi connectivity index (χ1n) is 8.70. The summed E-state index contributed by atoms with van der Waals surface area (Å²) < 4.78 is 10.5. The third kappa shape index (κ3) is 4.33. The van der Waals surface area contributed by atoms with Gasteiger partial charge >= 0.3 is 6.09 Å². The van der Waals surface area contributed by atoms with E-state index < -0.39 is 12.0 Å². The molecule has 0 radical (unpaired) electrons. The molecule has 1 aliphatic heterocycles. The summed E-state index contributed by atoms with van der Waals surface area (Å²) in [6.07, 6.45) is 2.40. The number of benzene rings is 1. The quantitative estimate of drug-likeness (QED) is 0.727. The Balaban J connectivity index is 1.79. The third-order valence-electron chi connectivity index (χ3n) is 4.53. The minimum absolute atomic E-state index is 0.219. The Bertz CT molecular complexity index is 1020. The number of thiophene rings is 1. The number of carbonyl (C=O) groups is 2. The van der Waals surface area contributed by atoms with Crippen LogP contribution in [0.25, 0.3) is 6.08 Å². The van der Waals surface area contributed by atoms with E-state index in [9.17, 15) is 14.9 Å². The van der Waals surface area contributed by atoms with Gasteiger partial charge < -0.3 is 24.8 Å². The van der Waals surface area contributed by atoms with Crippen LogP contribution < -0.4 is 14.8 Å². The van der Waals surface area contributed by atoms with Crippen molar-refractivity contribution in [3.63, 3.8) is 0 Å². The van der Waals surface area contributed by atoms with Crippen molar-refractivity contribution >= 4 is 34.4 Å². The van der Waals surface area contributed by atoms with Gasteiger partial charge in [0, 0.05) is 23.1 Å². The Hall–Kier alpha value is -3.51. The smallest absolute Gasteiger partial charge is 0.407 e. The Morgan fingerprint density at radius 2 is 2.14 bits per heavy atom. The van der Waals surface area contributed by atoms with Gasteiger partial charge in [-0.2, -0.15) is 5.26 Å². The summed E-state index contributed by atoms with van der Waals surface area (Å²) in [6, 6.07) is 7.37. The lowest BCUT2D eigenvalue weighted by atomic mass is 10.0. The van der Waals surface area contributed by atoms with Crippen LogP contribution in [0.4, 0.5) is 9.80 Å². The Morgan fingerprint density at radius 3 is 2.79 bits per heavy atom. The van der Waals surface area contributed by atoms with Crippen molar-refractivity contribution in [2.75, 3.05) is 26.1 Å². The van der Waals surface area contributed by atoms with Crippen LogP contribution in [-0.2, 0) is 17.8 Å². The molecule has 1 aromatic carbocycles. The van der Waals surface area contributed by atoms with Gasteiger partial charge in [-0.3, -0.25) is 4.79 Å². The van der Waals surface area contributed by atoms with Crippen LogP contribution >= 0.6 is 11.3 Å². The predicted molar refractivity (Wildman–Crippen MR) is 108 cm³/mol. The third-order valence-corrected chi connectivity index (χ3v) is 5.66. The maximum atomic E-state index is 12.4. The lowest BCUT2D eigenvalue weighted by Crippen LogP contribution is -2.34. The second kappa shape index (κ2) is 8.67. The van der Waals surface area contributed by atoms with Gasteiger partial charge in [-0.25, -0.2) is 4.79 Å². The number of carbonyl (C=O) groups excluding carboxylic acids is 1. The van der Waals surface area contributed by atoms with Gasteiger partial charge in [0.2, 0.25) is 5.91 Å². The topological polar surface area (TPSA) is 112 Å². The molecule has 0 atom stereocenters. The summed E-state index contributed by atoms with van der Waals surface area (Å²) >= 11 is 1.23. The molecular weight excluding hydrogens is 394 g/mol. The lowest BCUT2D eigenvalue weighted by Gasteiger charge is -2.23. The highest BCUT2D eigenvalue weighted by Gasteiger charge is 2.27. The molecule has 9 heteroatoms. The molecule has 2 amide bonds. The Labute approximate surface area is 171 Å². The van der Waals surface area contributed by atoms with E-state index >= 15 is 0 Å². The highest BCUT2D eigenvalue weighted by Crippen LogP contribution is 2.36. The fourth-order valence-corrected chi connectivity index (χ4v) is 4.28. The predicted octanol–water partition coefficient (Wildman–Crippen LogP) is 3.32. The molecule has 0 saturated carbocycles. The van der Waals surface area contributed by atoms with Crippen LogP contribution in [0.5, 0.6) is 11.5 Å². The molecule has 0 saturated heterocycles. The molecule has 3 rings (SSSR count). The molecule has 0 aliphatic carbocycles. The normalized spacial score (nSPS) is 12.9. The first-order valence-corrected chi connectivity index (χ1v) is 9.52. The van der Waals surface area contributed by atoms with E-state index in [1.165, 1.54) is 29.4 Å². The van der Waals surface area contributed by atoms with Crippen LogP contribution in [0.1, 0.15) is 21.6 Å². The summed E-state index contributed by atoms with van der Waals surface area (Å²) in [4.78, 5) is 25.7. The molecular formula is C20H19N3O5S. The summed E-state index contributed by atoms with van der Waals surface area (Å²) in [6.45, 7) is 0.549. The van der Waals surface area contributed by atoms with Gasteiger partial charge in [-0.15, -0.1) is 11.3 Å². The average Bonchev–Trinajstić information content (AvgIpc) is 3.07. The zero-order valence-corrected chi connectivity index (χ0v) is 16.7. The molecule has 1 aromatic heterocycles. The van der Waals surface area contributed by atoms with Crippen molar-refractivity contribution in [3.8, 4) is 17.6 Å². The van der Waals surface area contributed by atoms with E-state index in [4.69, 9.17) is 14.6 Å². The van der Waals surface area contributed by atoms with Crippen molar-refractivity contribution in [2.24, 2.45) is 0 Å². The van der Waals surface area contributed by atoms with Crippen LogP contribution in [-0.4, -0.2) is 42.8 Å². The van der Waals surface area contributed by atoms with Crippen molar-refractivity contribution in [1.29, 1.82) is 5.26 Å². The van der Waals surface area contributed by atoms with Gasteiger partial charge in [-0.1, -0.05) is 0 Å². The van der Waals surface area contributed by atoms with Crippen molar-refractivity contribution in [2.45, 2.75) is 13.0 Å². The molecule has 150 valence electrons. The number of anilines is 1. The van der Waals surface area contributed by atoms with Gasteiger partial charge in [0.25, 0.3) is 0 Å². The van der Waals surface area contributed by atoms with Crippen LogP contribution in [0.3, 0.4) is 0 Å². The van der Waals surface area contributed by atoms with E-state index in [0.717, 1.165) is 10.4 Å². The maximum absolute atomic E-state index is 12.4. The molecule has 2 aromatic rings. The number of nitrogens with one attached hydrogen (secondary N) is 1. The monoisotopic (exact) mass is 413 g/mol. The fourth-order valence-electron chi connectivity index (χ4n) is 3.06. The zero-order chi connectivity index (χ0) is 21.0. The van der Waals surface area contributed by atoms with Crippen LogP contribution in [0, 0.1) is 11.3 Å². The molecule has 2 heterocycles. The van der Waals surface area contributed by atoms with Gasteiger partial charge in [-0.05, 0) is 36.3 Å². The molecule has 0 spiro atoms. The summed E-state index contributed by atoms with van der Waals surface area (Å²) in [5, 5.41) is 21.8. The van der Waals surface area contributed by atoms with Crippen LogP contribution in [0.2, 0.25) is 0 Å². The number of hydrogen-bond donors (Lipinski definition) is 2. The largest absolute Gasteiger partial charge is 0.497 e. The number of carboxylic acid groups (broad SMARTS) is 1. The second-order valence-corrected chi connectivity index (χ2v) is 7.31. The number of fused-ring (bicyclic) bond motifs is 1. The summed E-state index contributed by atoms with van der Waals surface area (Å²) in [5.74, 6) is 0.819. The Morgan fingerprint density at radius 1 is 1.34 bits per heavy atom. The van der Waals surface area contributed by atoms with E-state index in [-0.39, 0.29) is 6.54 Å². The maximum Gasteiger partial charge on any atom is 0.407 e. The second-order valence-electron chi connectivity index (χ2n) is 6.20. The number of methoxy groups -OCH3 is 2. The number of ether oxygens (including phenoxy) is 2. The number of hydrogen-bond acceptors (Lipinski definition) is 6. The molecule has 0 bridgehead atoms. The minimum atomic E-state index is -0.997. The number of rotatable bonds is 5. The van der Waals surface area contributed by atoms with Gasteiger partial charge in [0.1, 0.15) is 22.6 Å². The van der Waals surface area contributed by atoms with Crippen molar-refractivity contribution in [1.82, 2.24) is 4.90 Å². The zero-order valence-electron chi connectivity index (χ0n) is 15.9. The first-order chi connectivity index (χ1) is 14.0. The van der Waals surface area contributed by atoms with Crippen molar-refractivity contribution < 1.29 is 24.2 Å². The first kappa shape index (κ1) is 20.2. The van der Waals surface area contributed by atoms with E-state index in [0.29, 0.717) is 40.6 Å². The standard InChI is InChI=1S/C20H19N3O5S/c1-27-13-4-5-16(28-2)12(9-13)3-6-18(24)22-19-15(10-21)14-7-8-23(20(25)26)11-17(14)29-19/h3-6,9H,7-8,11H2,1-2H3,(H,22,24)(H,25,26). The van der Waals surface area contributed by atoms with Crippen molar-refractivity contribution in [3.05, 3.63) is 45.8 Å². The molecule has 0 fully saturated rings. The van der Waals surface area contributed by atoms with E-state index in [2.05, 4.69) is 11.4 Å². The average molecular weight is 413 g/mol. The minimum Gasteiger partial charge on any atom is -0.497 e. The summed E-state index contributed by atoms with van der Waals surface area (Å²) in [5.41, 5.74) is 1.88. The Kier molecular flexibility index (Phi) is 6.04. The number of nitriles is 1. The highest BCUT2D eigenvalue weighted by atomic mass is 32.1. The highest BCUT2D eigenvalue weighted by molar-refractivity contribution is 7.16. The SMILES string of the molecule is COc1ccc(OC)c(C=CC(=O)Nc2sc3c(c2C#N)CCN(C(=O)O)C3)c1. The fraction of sp³-hybridized carbons (Fsp3) is 0.250. The van der Waals surface area contributed by atoms with Gasteiger partial charge in [0.05, 0.1) is 26.3 Å².